The molecule has 54 heavy (non-hydrogen) atoms. The van der Waals surface area contributed by atoms with Gasteiger partial charge >= 0.3 is 0 Å². The van der Waals surface area contributed by atoms with Gasteiger partial charge in [-0.3, -0.25) is 0 Å². The van der Waals surface area contributed by atoms with Gasteiger partial charge in [0.25, 0.3) is 0 Å². The third kappa shape index (κ3) is 6.15. The number of fused-ring (bicyclic) bond motifs is 6. The van der Waals surface area contributed by atoms with E-state index in [0.29, 0.717) is 11.8 Å². The molecule has 5 fully saturated rings. The van der Waals surface area contributed by atoms with Gasteiger partial charge in [-0.1, -0.05) is 138 Å². The van der Waals surface area contributed by atoms with Gasteiger partial charge in [-0.15, -0.1) is 0 Å². The molecule has 1 nitrogen and oxygen atoms in total. The average Bonchev–Trinajstić information content (AvgIpc) is 3.48. The highest BCUT2D eigenvalue weighted by Gasteiger charge is 2.39. The minimum absolute atomic E-state index is 0.0978. The Bertz CT molecular complexity index is 2080. The van der Waals surface area contributed by atoms with Crippen molar-refractivity contribution in [2.24, 2.45) is 11.8 Å². The maximum atomic E-state index is 2.57. The first kappa shape index (κ1) is 34.4. The highest BCUT2D eigenvalue weighted by Crippen LogP contribution is 2.55. The summed E-state index contributed by atoms with van der Waals surface area (Å²) in [5, 5.41) is 0. The number of benzene rings is 5. The standard InChI is InChI=1S/C53H59N/c1-53(2)50-16-10-9-15-47(50)52-49(43-23-21-39(22-24-43)37-11-5-3-6-12-37)34-46(35-51(52)53)54(44-29-25-40(26-30-44)38-13-7-4-8-14-38)45-31-27-42(28-32-45)48-33-36-17-19-41(48)20-18-36/h9-10,15-16,21-32,34-38,41,48H,3-8,11-14,17-20,33H2,1-2H3. The van der Waals surface area contributed by atoms with E-state index in [2.05, 4.69) is 128 Å². The van der Waals surface area contributed by atoms with Crippen LogP contribution >= 0.6 is 0 Å². The molecule has 0 radical (unpaired) electrons. The molecule has 0 saturated heterocycles. The molecule has 1 unspecified atom stereocenters. The van der Waals surface area contributed by atoms with Gasteiger partial charge in [0.1, 0.15) is 0 Å². The third-order valence-electron chi connectivity index (χ3n) is 15.1. The molecule has 2 bridgehead atoms. The van der Waals surface area contributed by atoms with Gasteiger partial charge in [0.2, 0.25) is 0 Å². The summed E-state index contributed by atoms with van der Waals surface area (Å²) in [5.41, 5.74) is 16.7. The molecular weight excluding hydrogens is 651 g/mol. The molecule has 5 aromatic rings. The van der Waals surface area contributed by atoms with Gasteiger partial charge in [-0.05, 0) is 161 Å². The Morgan fingerprint density at radius 2 is 1.04 bits per heavy atom. The molecule has 0 spiro atoms. The van der Waals surface area contributed by atoms with Crippen LogP contribution in [0.1, 0.15) is 156 Å². The van der Waals surface area contributed by atoms with Crippen LogP contribution in [0, 0.1) is 11.8 Å². The van der Waals surface area contributed by atoms with Crippen molar-refractivity contribution in [3.05, 3.63) is 137 Å². The van der Waals surface area contributed by atoms with Gasteiger partial charge in [0.05, 0.1) is 0 Å². The van der Waals surface area contributed by atoms with Crippen LogP contribution in [0.25, 0.3) is 22.3 Å². The molecule has 1 atom stereocenters. The summed E-state index contributed by atoms with van der Waals surface area (Å²) in [7, 11) is 0. The lowest BCUT2D eigenvalue weighted by atomic mass is 9.63. The summed E-state index contributed by atoms with van der Waals surface area (Å²) in [6.07, 6.45) is 20.7. The molecule has 5 saturated carbocycles. The van der Waals surface area contributed by atoms with Crippen molar-refractivity contribution in [1.29, 1.82) is 0 Å². The third-order valence-corrected chi connectivity index (χ3v) is 15.1. The summed E-state index contributed by atoms with van der Waals surface area (Å²) < 4.78 is 0. The predicted molar refractivity (Wildman–Crippen MR) is 229 cm³/mol. The Kier molecular flexibility index (Phi) is 9.04. The highest BCUT2D eigenvalue weighted by atomic mass is 15.1. The highest BCUT2D eigenvalue weighted by molar-refractivity contribution is 5.96. The van der Waals surface area contributed by atoms with Crippen molar-refractivity contribution >= 4 is 17.1 Å². The van der Waals surface area contributed by atoms with E-state index < -0.39 is 0 Å². The Labute approximate surface area is 325 Å². The number of rotatable bonds is 7. The maximum absolute atomic E-state index is 2.57. The molecule has 0 heterocycles. The Hall–Kier alpha value is -4.10. The van der Waals surface area contributed by atoms with Gasteiger partial charge in [0, 0.05) is 22.5 Å². The molecule has 0 N–H and O–H groups in total. The minimum atomic E-state index is -0.0978. The van der Waals surface area contributed by atoms with Crippen LogP contribution in [0.5, 0.6) is 0 Å². The van der Waals surface area contributed by atoms with Crippen LogP contribution < -0.4 is 4.90 Å². The topological polar surface area (TPSA) is 3.24 Å². The van der Waals surface area contributed by atoms with Crippen molar-refractivity contribution < 1.29 is 0 Å². The molecule has 6 aliphatic carbocycles. The minimum Gasteiger partial charge on any atom is -0.310 e. The van der Waals surface area contributed by atoms with E-state index in [1.54, 1.807) is 5.56 Å². The first-order valence-electron chi connectivity index (χ1n) is 21.9. The summed E-state index contributed by atoms with van der Waals surface area (Å²) in [6.45, 7) is 4.88. The first-order chi connectivity index (χ1) is 26.5. The molecule has 0 aromatic heterocycles. The normalized spacial score (nSPS) is 23.6. The molecule has 11 rings (SSSR count). The number of anilines is 3. The predicted octanol–water partition coefficient (Wildman–Crippen LogP) is 15.5. The lowest BCUT2D eigenvalue weighted by Gasteiger charge is -2.42. The smallest absolute Gasteiger partial charge is 0.0471 e. The van der Waals surface area contributed by atoms with E-state index in [4.69, 9.17) is 0 Å². The lowest BCUT2D eigenvalue weighted by Crippen LogP contribution is -2.29. The van der Waals surface area contributed by atoms with Gasteiger partial charge < -0.3 is 4.90 Å². The second-order valence-corrected chi connectivity index (χ2v) is 18.5. The van der Waals surface area contributed by atoms with E-state index in [0.717, 1.165) is 17.8 Å². The Morgan fingerprint density at radius 3 is 1.61 bits per heavy atom. The second kappa shape index (κ2) is 14.2. The van der Waals surface area contributed by atoms with E-state index in [9.17, 15) is 0 Å². The summed E-state index contributed by atoms with van der Waals surface area (Å²) in [5.74, 6) is 3.96. The number of nitrogens with zero attached hydrogens (tertiary/aromatic N) is 1. The quantitative estimate of drug-likeness (QED) is 0.163. The second-order valence-electron chi connectivity index (χ2n) is 18.5. The van der Waals surface area contributed by atoms with E-state index in [-0.39, 0.29) is 5.41 Å². The fourth-order valence-corrected chi connectivity index (χ4v) is 12.0. The summed E-state index contributed by atoms with van der Waals surface area (Å²) in [4.78, 5) is 2.57. The zero-order chi connectivity index (χ0) is 36.2. The lowest BCUT2D eigenvalue weighted by molar-refractivity contribution is 0.145. The molecule has 6 aliphatic rings. The van der Waals surface area contributed by atoms with Gasteiger partial charge in [-0.25, -0.2) is 0 Å². The van der Waals surface area contributed by atoms with E-state index >= 15 is 0 Å². The summed E-state index contributed by atoms with van der Waals surface area (Å²) in [6, 6.07) is 43.6. The van der Waals surface area contributed by atoms with E-state index in [1.165, 1.54) is 158 Å². The van der Waals surface area contributed by atoms with E-state index in [1.807, 2.05) is 0 Å². The van der Waals surface area contributed by atoms with Crippen molar-refractivity contribution in [2.45, 2.75) is 133 Å². The number of hydrogen-bond donors (Lipinski definition) is 0. The fraction of sp³-hybridized carbons (Fsp3) is 0.434. The van der Waals surface area contributed by atoms with Crippen LogP contribution in [-0.4, -0.2) is 0 Å². The van der Waals surface area contributed by atoms with Crippen molar-refractivity contribution in [2.75, 3.05) is 4.90 Å². The van der Waals surface area contributed by atoms with Crippen LogP contribution in [0.15, 0.2) is 109 Å². The average molecular weight is 710 g/mol. The van der Waals surface area contributed by atoms with Crippen molar-refractivity contribution in [3.63, 3.8) is 0 Å². The monoisotopic (exact) mass is 709 g/mol. The zero-order valence-corrected chi connectivity index (χ0v) is 32.8. The Morgan fingerprint density at radius 1 is 0.481 bits per heavy atom. The largest absolute Gasteiger partial charge is 0.310 e. The van der Waals surface area contributed by atoms with Crippen LogP contribution in [-0.2, 0) is 5.41 Å². The van der Waals surface area contributed by atoms with Crippen molar-refractivity contribution in [3.8, 4) is 22.3 Å². The zero-order valence-electron chi connectivity index (χ0n) is 32.8. The maximum Gasteiger partial charge on any atom is 0.0471 e. The first-order valence-corrected chi connectivity index (χ1v) is 21.9. The van der Waals surface area contributed by atoms with Gasteiger partial charge in [-0.2, -0.15) is 0 Å². The molecular formula is C53H59N. The van der Waals surface area contributed by atoms with Crippen LogP contribution in [0.2, 0.25) is 0 Å². The number of hydrogen-bond acceptors (Lipinski definition) is 1. The molecule has 0 aliphatic heterocycles. The Balaban J connectivity index is 1.10. The van der Waals surface area contributed by atoms with Crippen LogP contribution in [0.3, 0.4) is 0 Å². The van der Waals surface area contributed by atoms with Crippen molar-refractivity contribution in [1.82, 2.24) is 0 Å². The summed E-state index contributed by atoms with van der Waals surface area (Å²) >= 11 is 0. The SMILES string of the molecule is CC1(C)c2ccccc2-c2c(-c3ccc(C4CCCCC4)cc3)cc(N(c3ccc(C4CCCCC4)cc3)c3ccc(C4CC5CCC4CC5)cc3)cc21. The molecule has 0 amide bonds. The van der Waals surface area contributed by atoms with Crippen LogP contribution in [0.4, 0.5) is 17.1 Å². The molecule has 1 heteroatoms. The molecule has 5 aromatic carbocycles. The fourth-order valence-electron chi connectivity index (χ4n) is 12.0. The van der Waals surface area contributed by atoms with Gasteiger partial charge in [0.15, 0.2) is 0 Å². The molecule has 276 valence electrons.